The molecule has 3 aromatic carbocycles. The van der Waals surface area contributed by atoms with Gasteiger partial charge in [0.05, 0.1) is 23.4 Å². The van der Waals surface area contributed by atoms with Crippen molar-refractivity contribution >= 4 is 23.2 Å². The molecule has 1 N–H and O–H groups in total. The number of hydrogen-bond acceptors (Lipinski definition) is 3. The van der Waals surface area contributed by atoms with Crippen LogP contribution in [0.15, 0.2) is 78.9 Å². The van der Waals surface area contributed by atoms with Gasteiger partial charge in [0.15, 0.2) is 0 Å². The molecular formula is C28H32N2O3. The molecule has 0 heterocycles. The van der Waals surface area contributed by atoms with E-state index >= 15 is 0 Å². The molecule has 0 fully saturated rings. The quantitative estimate of drug-likeness (QED) is 0.341. The van der Waals surface area contributed by atoms with Crippen molar-refractivity contribution < 1.29 is 14.3 Å². The monoisotopic (exact) mass is 444 g/mol. The van der Waals surface area contributed by atoms with E-state index in [-0.39, 0.29) is 11.8 Å². The largest absolute Gasteiger partial charge is 0.493 e. The highest BCUT2D eigenvalue weighted by atomic mass is 16.5. The average molecular weight is 445 g/mol. The van der Waals surface area contributed by atoms with Crippen LogP contribution in [0.1, 0.15) is 60.2 Å². The van der Waals surface area contributed by atoms with Crippen LogP contribution in [0.5, 0.6) is 5.75 Å². The molecule has 2 amide bonds. The number of para-hydroxylation sites is 3. The topological polar surface area (TPSA) is 58.6 Å². The lowest BCUT2D eigenvalue weighted by Gasteiger charge is -2.22. The number of benzene rings is 3. The Morgan fingerprint density at radius 2 is 1.45 bits per heavy atom. The number of unbranched alkanes of at least 4 members (excludes halogenated alkanes) is 3. The molecular weight excluding hydrogens is 412 g/mol. The predicted octanol–water partition coefficient (Wildman–Crippen LogP) is 6.56. The van der Waals surface area contributed by atoms with Gasteiger partial charge in [-0.3, -0.25) is 9.59 Å². The zero-order chi connectivity index (χ0) is 23.5. The summed E-state index contributed by atoms with van der Waals surface area (Å²) in [7, 11) is 0. The summed E-state index contributed by atoms with van der Waals surface area (Å²) in [6, 6.07) is 23.8. The molecule has 0 aliphatic rings. The third-order valence-electron chi connectivity index (χ3n) is 5.42. The van der Waals surface area contributed by atoms with Crippen molar-refractivity contribution in [2.24, 2.45) is 0 Å². The molecule has 0 saturated heterocycles. The van der Waals surface area contributed by atoms with Crippen molar-refractivity contribution in [3.8, 4) is 5.75 Å². The van der Waals surface area contributed by atoms with E-state index in [1.165, 1.54) is 6.42 Å². The van der Waals surface area contributed by atoms with Crippen LogP contribution in [0, 0.1) is 0 Å². The third kappa shape index (κ3) is 6.45. The van der Waals surface area contributed by atoms with Gasteiger partial charge < -0.3 is 15.0 Å². The lowest BCUT2D eigenvalue weighted by Crippen LogP contribution is -2.31. The van der Waals surface area contributed by atoms with Crippen molar-refractivity contribution in [2.45, 2.75) is 39.5 Å². The maximum atomic E-state index is 13.4. The number of nitrogens with one attached hydrogen (secondary N) is 1. The molecule has 5 heteroatoms. The van der Waals surface area contributed by atoms with Crippen LogP contribution in [-0.2, 0) is 0 Å². The van der Waals surface area contributed by atoms with Gasteiger partial charge in [-0.2, -0.15) is 0 Å². The summed E-state index contributed by atoms with van der Waals surface area (Å²) < 4.78 is 5.90. The summed E-state index contributed by atoms with van der Waals surface area (Å²) in [6.07, 6.45) is 4.40. The third-order valence-corrected chi connectivity index (χ3v) is 5.42. The maximum absolute atomic E-state index is 13.4. The molecule has 172 valence electrons. The Labute approximate surface area is 196 Å². The van der Waals surface area contributed by atoms with E-state index in [4.69, 9.17) is 4.74 Å². The Balaban J connectivity index is 1.77. The van der Waals surface area contributed by atoms with Crippen molar-refractivity contribution in [2.75, 3.05) is 23.4 Å². The zero-order valence-corrected chi connectivity index (χ0v) is 19.4. The number of hydrogen-bond donors (Lipinski definition) is 1. The van der Waals surface area contributed by atoms with Gasteiger partial charge in [0.1, 0.15) is 5.75 Å². The van der Waals surface area contributed by atoms with E-state index in [0.29, 0.717) is 35.7 Å². The number of carbonyl (C=O) groups is 2. The molecule has 3 rings (SSSR count). The normalized spacial score (nSPS) is 10.5. The van der Waals surface area contributed by atoms with Gasteiger partial charge in [0.25, 0.3) is 11.8 Å². The van der Waals surface area contributed by atoms with Gasteiger partial charge in [-0.1, -0.05) is 68.7 Å². The van der Waals surface area contributed by atoms with Gasteiger partial charge in [-0.15, -0.1) is 0 Å². The van der Waals surface area contributed by atoms with Gasteiger partial charge in [0, 0.05) is 12.2 Å². The molecule has 3 aromatic rings. The molecule has 0 bridgehead atoms. The summed E-state index contributed by atoms with van der Waals surface area (Å²) in [5, 5.41) is 2.92. The smallest absolute Gasteiger partial charge is 0.260 e. The average Bonchev–Trinajstić information content (AvgIpc) is 2.85. The summed E-state index contributed by atoms with van der Waals surface area (Å²) in [6.45, 7) is 5.19. The number of anilines is 2. The molecule has 33 heavy (non-hydrogen) atoms. The van der Waals surface area contributed by atoms with E-state index < -0.39 is 0 Å². The number of ether oxygens (including phenoxy) is 1. The lowest BCUT2D eigenvalue weighted by molar-refractivity contribution is 0.0989. The molecule has 0 aliphatic carbocycles. The van der Waals surface area contributed by atoms with Crippen molar-refractivity contribution in [1.82, 2.24) is 0 Å². The van der Waals surface area contributed by atoms with Gasteiger partial charge in [-0.05, 0) is 49.7 Å². The molecule has 0 aliphatic heterocycles. The first-order valence-corrected chi connectivity index (χ1v) is 11.6. The van der Waals surface area contributed by atoms with Crippen molar-refractivity contribution in [3.63, 3.8) is 0 Å². The predicted molar refractivity (Wildman–Crippen MR) is 134 cm³/mol. The van der Waals surface area contributed by atoms with E-state index in [1.54, 1.807) is 41.3 Å². The Hall–Kier alpha value is -3.60. The van der Waals surface area contributed by atoms with Crippen LogP contribution in [0.25, 0.3) is 0 Å². The fraction of sp³-hybridized carbons (Fsp3) is 0.286. The maximum Gasteiger partial charge on any atom is 0.260 e. The van der Waals surface area contributed by atoms with Crippen LogP contribution < -0.4 is 15.0 Å². The van der Waals surface area contributed by atoms with Gasteiger partial charge in [-0.25, -0.2) is 0 Å². The minimum absolute atomic E-state index is 0.167. The minimum atomic E-state index is -0.304. The summed E-state index contributed by atoms with van der Waals surface area (Å²) in [5.74, 6) is 0.0806. The molecule has 0 radical (unpaired) electrons. The zero-order valence-electron chi connectivity index (χ0n) is 19.4. The van der Waals surface area contributed by atoms with Crippen molar-refractivity contribution in [3.05, 3.63) is 90.0 Å². The van der Waals surface area contributed by atoms with Gasteiger partial charge >= 0.3 is 0 Å². The minimum Gasteiger partial charge on any atom is -0.493 e. The van der Waals surface area contributed by atoms with E-state index in [0.717, 1.165) is 24.9 Å². The Bertz CT molecular complexity index is 1050. The molecule has 0 aromatic heterocycles. The molecule has 0 unspecified atom stereocenters. The van der Waals surface area contributed by atoms with Crippen LogP contribution >= 0.6 is 0 Å². The SMILES string of the molecule is CCCCCCOc1ccccc1C(=O)Nc1ccccc1C(=O)N(CC)c1ccccc1. The Kier molecular flexibility index (Phi) is 9.07. The second-order valence-electron chi connectivity index (χ2n) is 7.79. The van der Waals surface area contributed by atoms with Crippen molar-refractivity contribution in [1.29, 1.82) is 0 Å². The van der Waals surface area contributed by atoms with E-state index in [1.807, 2.05) is 49.4 Å². The molecule has 5 nitrogen and oxygen atoms in total. The first-order valence-electron chi connectivity index (χ1n) is 11.6. The highest BCUT2D eigenvalue weighted by Gasteiger charge is 2.21. The van der Waals surface area contributed by atoms with Crippen LogP contribution in [0.4, 0.5) is 11.4 Å². The Morgan fingerprint density at radius 3 is 2.18 bits per heavy atom. The summed E-state index contributed by atoms with van der Waals surface area (Å²) in [5.41, 5.74) is 2.17. The first kappa shape index (κ1) is 24.1. The van der Waals surface area contributed by atoms with Crippen LogP contribution in [0.3, 0.4) is 0 Å². The molecule has 0 atom stereocenters. The summed E-state index contributed by atoms with van der Waals surface area (Å²) in [4.78, 5) is 28.2. The van der Waals surface area contributed by atoms with E-state index in [9.17, 15) is 9.59 Å². The van der Waals surface area contributed by atoms with Gasteiger partial charge in [0.2, 0.25) is 0 Å². The number of amides is 2. The van der Waals surface area contributed by atoms with E-state index in [2.05, 4.69) is 12.2 Å². The Morgan fingerprint density at radius 1 is 0.788 bits per heavy atom. The second kappa shape index (κ2) is 12.4. The fourth-order valence-corrected chi connectivity index (χ4v) is 3.66. The highest BCUT2D eigenvalue weighted by Crippen LogP contribution is 2.24. The number of carbonyl (C=O) groups excluding carboxylic acids is 2. The lowest BCUT2D eigenvalue weighted by atomic mass is 10.1. The molecule has 0 spiro atoms. The number of nitrogens with zero attached hydrogens (tertiary/aromatic N) is 1. The highest BCUT2D eigenvalue weighted by molar-refractivity contribution is 6.14. The fourth-order valence-electron chi connectivity index (χ4n) is 3.66. The molecule has 0 saturated carbocycles. The summed E-state index contributed by atoms with van der Waals surface area (Å²) >= 11 is 0. The number of rotatable bonds is 11. The second-order valence-corrected chi connectivity index (χ2v) is 7.79. The standard InChI is InChI=1S/C28H32N2O3/c1-3-5-6-14-21-33-26-20-13-11-18-24(26)27(31)29-25-19-12-10-17-23(25)28(32)30(4-2)22-15-8-7-9-16-22/h7-13,15-20H,3-6,14,21H2,1-2H3,(H,29,31). The van der Waals surface area contributed by atoms with Crippen LogP contribution in [0.2, 0.25) is 0 Å². The first-order chi connectivity index (χ1) is 16.2. The van der Waals surface area contributed by atoms with Crippen LogP contribution in [-0.4, -0.2) is 25.0 Å².